The van der Waals surface area contributed by atoms with Crippen molar-refractivity contribution in [2.75, 3.05) is 13.2 Å². The van der Waals surface area contributed by atoms with Crippen molar-refractivity contribution in [3.63, 3.8) is 0 Å². The number of phenolic OH excluding ortho intramolecular Hbond substituents is 2. The van der Waals surface area contributed by atoms with E-state index >= 15 is 0 Å². The summed E-state index contributed by atoms with van der Waals surface area (Å²) < 4.78 is 10.4. The number of rotatable bonds is 13. The second-order valence-electron chi connectivity index (χ2n) is 8.89. The molecule has 0 aliphatic carbocycles. The number of amides is 3. The molecule has 42 heavy (non-hydrogen) atoms. The lowest BCUT2D eigenvalue weighted by Crippen LogP contribution is -2.55. The minimum atomic E-state index is -1.41. The van der Waals surface area contributed by atoms with E-state index < -0.39 is 36.6 Å². The minimum Gasteiger partial charge on any atom is -0.508 e. The van der Waals surface area contributed by atoms with Crippen LogP contribution in [0, 0.1) is 0 Å². The van der Waals surface area contributed by atoms with Crippen LogP contribution >= 0.6 is 11.6 Å². The van der Waals surface area contributed by atoms with Gasteiger partial charge in [0.2, 0.25) is 5.91 Å². The minimum absolute atomic E-state index is 0.0104. The van der Waals surface area contributed by atoms with Crippen LogP contribution in [0.15, 0.2) is 71.8 Å². The lowest BCUT2D eigenvalue weighted by molar-refractivity contribution is -0.130. The normalized spacial score (nSPS) is 12.3. The van der Waals surface area contributed by atoms with Gasteiger partial charge in [0, 0.05) is 6.42 Å². The number of nitrogens with zero attached hydrogens (tertiary/aromatic N) is 1. The molecule has 0 spiro atoms. The first-order chi connectivity index (χ1) is 20.2. The number of carbonyl (C=O) groups is 3. The number of aliphatic hydroxyl groups is 1. The molecule has 3 aromatic carbocycles. The smallest absolute Gasteiger partial charge is 0.408 e. The van der Waals surface area contributed by atoms with E-state index in [-0.39, 0.29) is 41.9 Å². The molecule has 222 valence electrons. The second kappa shape index (κ2) is 15.8. The van der Waals surface area contributed by atoms with Crippen molar-refractivity contribution in [2.45, 2.75) is 32.0 Å². The quantitative estimate of drug-likeness (QED) is 0.128. The number of hydrogen-bond acceptors (Lipinski definition) is 9. The van der Waals surface area contributed by atoms with Crippen molar-refractivity contribution in [1.29, 1.82) is 0 Å². The number of aliphatic hydroxyl groups excluding tert-OH is 1. The zero-order valence-electron chi connectivity index (χ0n) is 22.6. The van der Waals surface area contributed by atoms with Gasteiger partial charge in [0.1, 0.15) is 24.4 Å². The van der Waals surface area contributed by atoms with Gasteiger partial charge in [-0.2, -0.15) is 5.10 Å². The first kappa shape index (κ1) is 31.7. The number of aromatic hydroxyl groups is 2. The second-order valence-corrected chi connectivity index (χ2v) is 9.30. The molecule has 12 nitrogen and oxygen atoms in total. The van der Waals surface area contributed by atoms with Crippen LogP contribution in [0.4, 0.5) is 4.79 Å². The fourth-order valence-electron chi connectivity index (χ4n) is 3.63. The van der Waals surface area contributed by atoms with Gasteiger partial charge in [0.05, 0.1) is 24.5 Å². The Hall–Kier alpha value is -4.81. The van der Waals surface area contributed by atoms with E-state index in [2.05, 4.69) is 21.2 Å². The molecule has 13 heteroatoms. The molecule has 0 radical (unpaired) electrons. The average Bonchev–Trinajstić information content (AvgIpc) is 2.98. The number of hydrogen-bond donors (Lipinski definition) is 6. The Kier molecular flexibility index (Phi) is 12.0. The van der Waals surface area contributed by atoms with Gasteiger partial charge in [-0.25, -0.2) is 10.2 Å². The molecule has 0 bridgehead atoms. The highest BCUT2D eigenvalue weighted by molar-refractivity contribution is 6.32. The van der Waals surface area contributed by atoms with Gasteiger partial charge in [-0.3, -0.25) is 9.59 Å². The standard InChI is InChI=1S/C29H31ClN4O8/c1-2-41-25-14-20(12-22(30)26(25)37)15-31-34-28(39)23(13-18-8-10-21(36)11-9-18)32-27(38)24(16-35)33-29(40)42-17-19-6-4-3-5-7-19/h3-12,14-15,23-24,35-37H,2,13,16-17H2,1H3,(H,32,38)(H,33,40)(H,34,39)/b31-15-/t23-,24-/m0/s1. The topological polar surface area (TPSA) is 179 Å². The Labute approximate surface area is 246 Å². The van der Waals surface area contributed by atoms with Gasteiger partial charge >= 0.3 is 6.09 Å². The van der Waals surface area contributed by atoms with Gasteiger partial charge in [0.25, 0.3) is 5.91 Å². The third kappa shape index (κ3) is 9.68. The van der Waals surface area contributed by atoms with Crippen molar-refractivity contribution < 1.29 is 39.2 Å². The Morgan fingerprint density at radius 1 is 0.952 bits per heavy atom. The first-order valence-corrected chi connectivity index (χ1v) is 13.2. The maximum atomic E-state index is 13.1. The molecular formula is C29H31ClN4O8. The molecule has 3 rings (SSSR count). The van der Waals surface area contributed by atoms with Crippen molar-refractivity contribution in [3.05, 3.63) is 88.4 Å². The van der Waals surface area contributed by atoms with Gasteiger partial charge in [0.15, 0.2) is 11.5 Å². The van der Waals surface area contributed by atoms with Crippen LogP contribution in [-0.2, 0) is 27.4 Å². The van der Waals surface area contributed by atoms with Crippen LogP contribution in [0.1, 0.15) is 23.6 Å². The number of hydrazone groups is 1. The Bertz CT molecular complexity index is 1390. The van der Waals surface area contributed by atoms with Crippen LogP contribution < -0.4 is 20.8 Å². The number of phenols is 2. The van der Waals surface area contributed by atoms with Crippen molar-refractivity contribution in [2.24, 2.45) is 5.10 Å². The van der Waals surface area contributed by atoms with E-state index in [0.29, 0.717) is 11.1 Å². The summed E-state index contributed by atoms with van der Waals surface area (Å²) in [5, 5.41) is 38.1. The highest BCUT2D eigenvalue weighted by Gasteiger charge is 2.27. The van der Waals surface area contributed by atoms with Gasteiger partial charge in [-0.1, -0.05) is 54.1 Å². The van der Waals surface area contributed by atoms with E-state index in [1.165, 1.54) is 30.5 Å². The molecule has 0 saturated carbocycles. The predicted molar refractivity (Wildman–Crippen MR) is 154 cm³/mol. The number of benzene rings is 3. The SMILES string of the molecule is CCOc1cc(/C=N\NC(=O)[C@H](Cc2ccc(O)cc2)NC(=O)[C@H](CO)NC(=O)OCc2ccccc2)cc(Cl)c1O. The largest absolute Gasteiger partial charge is 0.508 e. The maximum absolute atomic E-state index is 13.1. The molecular weight excluding hydrogens is 568 g/mol. The molecule has 0 aliphatic rings. The zero-order chi connectivity index (χ0) is 30.5. The summed E-state index contributed by atoms with van der Waals surface area (Å²) in [6.45, 7) is 1.21. The first-order valence-electron chi connectivity index (χ1n) is 12.8. The monoisotopic (exact) mass is 598 g/mol. The molecule has 0 saturated heterocycles. The van der Waals surface area contributed by atoms with E-state index in [1.54, 1.807) is 43.3 Å². The molecule has 3 aromatic rings. The van der Waals surface area contributed by atoms with Crippen molar-refractivity contribution in [1.82, 2.24) is 16.1 Å². The maximum Gasteiger partial charge on any atom is 0.408 e. The van der Waals surface area contributed by atoms with Gasteiger partial charge in [-0.05, 0) is 47.9 Å². The molecule has 2 atom stereocenters. The van der Waals surface area contributed by atoms with Crippen LogP contribution in [0.25, 0.3) is 0 Å². The molecule has 3 amide bonds. The van der Waals surface area contributed by atoms with E-state index in [0.717, 1.165) is 5.56 Å². The van der Waals surface area contributed by atoms with Crippen molar-refractivity contribution in [3.8, 4) is 17.2 Å². The lowest BCUT2D eigenvalue weighted by atomic mass is 10.0. The Morgan fingerprint density at radius 2 is 1.67 bits per heavy atom. The summed E-state index contributed by atoms with van der Waals surface area (Å²) in [7, 11) is 0. The molecule has 0 aliphatic heterocycles. The van der Waals surface area contributed by atoms with Gasteiger partial charge < -0.3 is 35.4 Å². The zero-order valence-corrected chi connectivity index (χ0v) is 23.4. The van der Waals surface area contributed by atoms with E-state index in [1.807, 2.05) is 6.07 Å². The van der Waals surface area contributed by atoms with Crippen LogP contribution in [-0.4, -0.2) is 64.7 Å². The number of carbonyl (C=O) groups excluding carboxylic acids is 3. The molecule has 0 fully saturated rings. The average molecular weight is 599 g/mol. The molecule has 0 heterocycles. The fraction of sp³-hybridized carbons (Fsp3) is 0.241. The summed E-state index contributed by atoms with van der Waals surface area (Å²) in [6, 6.07) is 15.2. The van der Waals surface area contributed by atoms with Crippen LogP contribution in [0.2, 0.25) is 5.02 Å². The Morgan fingerprint density at radius 3 is 2.33 bits per heavy atom. The third-order valence-electron chi connectivity index (χ3n) is 5.75. The molecule has 0 unspecified atom stereocenters. The fourth-order valence-corrected chi connectivity index (χ4v) is 3.85. The summed E-state index contributed by atoms with van der Waals surface area (Å²) >= 11 is 6.03. The number of halogens is 1. The van der Waals surface area contributed by atoms with Crippen LogP contribution in [0.5, 0.6) is 17.2 Å². The summed E-state index contributed by atoms with van der Waals surface area (Å²) in [5.74, 6) is -1.63. The van der Waals surface area contributed by atoms with Crippen LogP contribution in [0.3, 0.4) is 0 Å². The third-order valence-corrected chi connectivity index (χ3v) is 6.04. The van der Waals surface area contributed by atoms with Gasteiger partial charge in [-0.15, -0.1) is 0 Å². The number of nitrogens with one attached hydrogen (secondary N) is 3. The van der Waals surface area contributed by atoms with E-state index in [9.17, 15) is 29.7 Å². The van der Waals surface area contributed by atoms with E-state index in [4.69, 9.17) is 21.1 Å². The summed E-state index contributed by atoms with van der Waals surface area (Å²) in [5.41, 5.74) is 4.08. The van der Waals surface area contributed by atoms with Crippen molar-refractivity contribution >= 4 is 35.7 Å². The number of ether oxygens (including phenoxy) is 2. The molecule has 6 N–H and O–H groups in total. The number of alkyl carbamates (subject to hydrolysis) is 1. The Balaban J connectivity index is 1.68. The highest BCUT2D eigenvalue weighted by Crippen LogP contribution is 2.34. The molecule has 0 aromatic heterocycles. The lowest BCUT2D eigenvalue weighted by Gasteiger charge is -2.21. The summed E-state index contributed by atoms with van der Waals surface area (Å²) in [4.78, 5) is 38.3. The highest BCUT2D eigenvalue weighted by atomic mass is 35.5. The summed E-state index contributed by atoms with van der Waals surface area (Å²) in [6.07, 6.45) is 0.325. The predicted octanol–water partition coefficient (Wildman–Crippen LogP) is 2.61.